The highest BCUT2D eigenvalue weighted by Gasteiger charge is 2.23. The van der Waals surface area contributed by atoms with E-state index >= 15 is 0 Å². The van der Waals surface area contributed by atoms with Gasteiger partial charge in [0, 0.05) is 25.4 Å². The van der Waals surface area contributed by atoms with Gasteiger partial charge >= 0.3 is 0 Å². The van der Waals surface area contributed by atoms with Gasteiger partial charge in [0.05, 0.1) is 17.1 Å². The second-order valence-corrected chi connectivity index (χ2v) is 8.58. The summed E-state index contributed by atoms with van der Waals surface area (Å²) in [7, 11) is 0. The molecule has 1 aliphatic carbocycles. The Balaban J connectivity index is 1.58. The van der Waals surface area contributed by atoms with Gasteiger partial charge in [-0.2, -0.15) is 0 Å². The summed E-state index contributed by atoms with van der Waals surface area (Å²) < 4.78 is 7.21. The first-order valence-electron chi connectivity index (χ1n) is 11.1. The van der Waals surface area contributed by atoms with E-state index in [1.165, 1.54) is 4.40 Å². The number of hydrogen-bond acceptors (Lipinski definition) is 6. The molecular formula is C23H27N5O3. The molecule has 2 N–H and O–H groups in total. The Kier molecular flexibility index (Phi) is 5.31. The van der Waals surface area contributed by atoms with Gasteiger partial charge in [-0.25, -0.2) is 9.97 Å². The maximum Gasteiger partial charge on any atom is 0.267 e. The fourth-order valence-electron chi connectivity index (χ4n) is 4.49. The molecule has 0 radical (unpaired) electrons. The number of carbonyl (C=O) groups excluding carboxylic acids is 1. The summed E-state index contributed by atoms with van der Waals surface area (Å²) >= 11 is 0. The van der Waals surface area contributed by atoms with Crippen LogP contribution in [0.2, 0.25) is 0 Å². The molecule has 5 rings (SSSR count). The van der Waals surface area contributed by atoms with Crippen molar-refractivity contribution in [3.05, 3.63) is 45.9 Å². The average molecular weight is 422 g/mol. The number of pyridine rings is 2. The third kappa shape index (κ3) is 3.99. The van der Waals surface area contributed by atoms with Crippen molar-refractivity contribution in [3.63, 3.8) is 0 Å². The maximum atomic E-state index is 13.1. The molecule has 8 heteroatoms. The van der Waals surface area contributed by atoms with E-state index in [0.29, 0.717) is 34.6 Å². The number of fused-ring (bicyclic) bond motifs is 2. The highest BCUT2D eigenvalue weighted by molar-refractivity contribution is 6.02. The Hall–Kier alpha value is -3.00. The SMILES string of the molecule is Cc1ccc2nc3nc(NC[C@@H]4CCCO4)c(C(=O)NC4CCCC4)cc3c(=O)n2c1. The van der Waals surface area contributed by atoms with Gasteiger partial charge in [-0.1, -0.05) is 18.9 Å². The minimum Gasteiger partial charge on any atom is -0.376 e. The number of nitrogens with zero attached hydrogens (tertiary/aromatic N) is 3. The number of carbonyl (C=O) groups is 1. The van der Waals surface area contributed by atoms with Crippen LogP contribution >= 0.6 is 0 Å². The molecule has 31 heavy (non-hydrogen) atoms. The Morgan fingerprint density at radius 2 is 2.03 bits per heavy atom. The van der Waals surface area contributed by atoms with E-state index in [0.717, 1.165) is 50.7 Å². The van der Waals surface area contributed by atoms with Crippen LogP contribution in [0.25, 0.3) is 16.7 Å². The van der Waals surface area contributed by atoms with E-state index in [1.54, 1.807) is 18.3 Å². The molecular weight excluding hydrogens is 394 g/mol. The summed E-state index contributed by atoms with van der Waals surface area (Å²) in [5.74, 6) is 0.242. The fraction of sp³-hybridized carbons (Fsp3) is 0.478. The number of rotatable bonds is 5. The van der Waals surface area contributed by atoms with E-state index in [4.69, 9.17) is 4.74 Å². The summed E-state index contributed by atoms with van der Waals surface area (Å²) in [6, 6.07) is 5.52. The summed E-state index contributed by atoms with van der Waals surface area (Å²) in [4.78, 5) is 35.5. The van der Waals surface area contributed by atoms with Crippen LogP contribution in [0.1, 0.15) is 54.4 Å². The molecule has 4 heterocycles. The maximum absolute atomic E-state index is 13.1. The smallest absolute Gasteiger partial charge is 0.267 e. The minimum atomic E-state index is -0.225. The van der Waals surface area contributed by atoms with Gasteiger partial charge in [-0.3, -0.25) is 14.0 Å². The highest BCUT2D eigenvalue weighted by atomic mass is 16.5. The van der Waals surface area contributed by atoms with Crippen LogP contribution in [-0.2, 0) is 4.74 Å². The van der Waals surface area contributed by atoms with Crippen molar-refractivity contribution in [2.24, 2.45) is 0 Å². The molecule has 1 saturated heterocycles. The van der Waals surface area contributed by atoms with Crippen LogP contribution in [-0.4, -0.2) is 45.6 Å². The van der Waals surface area contributed by atoms with Gasteiger partial charge in [0.1, 0.15) is 11.5 Å². The molecule has 1 aliphatic heterocycles. The van der Waals surface area contributed by atoms with Crippen LogP contribution in [0, 0.1) is 6.92 Å². The van der Waals surface area contributed by atoms with E-state index in [1.807, 2.05) is 13.0 Å². The summed E-state index contributed by atoms with van der Waals surface area (Å²) in [6.07, 6.45) is 8.10. The van der Waals surface area contributed by atoms with Gasteiger partial charge in [0.25, 0.3) is 11.5 Å². The van der Waals surface area contributed by atoms with E-state index in [-0.39, 0.29) is 23.6 Å². The number of nitrogens with one attached hydrogen (secondary N) is 2. The molecule has 1 saturated carbocycles. The molecule has 3 aromatic rings. The second kappa shape index (κ2) is 8.26. The molecule has 162 valence electrons. The topological polar surface area (TPSA) is 97.6 Å². The van der Waals surface area contributed by atoms with Gasteiger partial charge in [-0.15, -0.1) is 0 Å². The molecule has 2 fully saturated rings. The number of amides is 1. The van der Waals surface area contributed by atoms with E-state index in [9.17, 15) is 9.59 Å². The van der Waals surface area contributed by atoms with Gasteiger partial charge in [0.2, 0.25) is 0 Å². The first-order chi connectivity index (χ1) is 15.1. The quantitative estimate of drug-likeness (QED) is 0.615. The normalized spacial score (nSPS) is 19.3. The molecule has 0 bridgehead atoms. The highest BCUT2D eigenvalue weighted by Crippen LogP contribution is 2.22. The zero-order valence-electron chi connectivity index (χ0n) is 17.7. The predicted octanol–water partition coefficient (Wildman–Crippen LogP) is 2.81. The zero-order valence-corrected chi connectivity index (χ0v) is 17.7. The zero-order chi connectivity index (χ0) is 21.4. The lowest BCUT2D eigenvalue weighted by Crippen LogP contribution is -2.34. The van der Waals surface area contributed by atoms with Crippen LogP contribution < -0.4 is 16.2 Å². The van der Waals surface area contributed by atoms with Crippen molar-refractivity contribution in [3.8, 4) is 0 Å². The van der Waals surface area contributed by atoms with E-state index < -0.39 is 0 Å². The van der Waals surface area contributed by atoms with Gasteiger partial charge < -0.3 is 15.4 Å². The van der Waals surface area contributed by atoms with Crippen LogP contribution in [0.3, 0.4) is 0 Å². The fourth-order valence-corrected chi connectivity index (χ4v) is 4.49. The molecule has 2 aliphatic rings. The van der Waals surface area contributed by atoms with Crippen molar-refractivity contribution >= 4 is 28.4 Å². The van der Waals surface area contributed by atoms with Gasteiger partial charge in [0.15, 0.2) is 5.65 Å². The van der Waals surface area contributed by atoms with Crippen molar-refractivity contribution in [2.75, 3.05) is 18.5 Å². The Morgan fingerprint density at radius 3 is 2.81 bits per heavy atom. The third-order valence-electron chi connectivity index (χ3n) is 6.20. The molecule has 0 aromatic carbocycles. The largest absolute Gasteiger partial charge is 0.376 e. The average Bonchev–Trinajstić information content (AvgIpc) is 3.47. The standard InChI is InChI=1S/C23H27N5O3/c1-14-8-9-19-26-21-18(23(30)28(19)13-14)11-17(22(29)25-15-5-2-3-6-15)20(27-21)24-12-16-7-4-10-31-16/h8-9,11,13,15-16H,2-7,10,12H2,1H3,(H,24,27)(H,25,29)/t16-/m0/s1. The van der Waals surface area contributed by atoms with Gasteiger partial charge in [-0.05, 0) is 50.3 Å². The Morgan fingerprint density at radius 1 is 1.19 bits per heavy atom. The number of aromatic nitrogens is 3. The van der Waals surface area contributed by atoms with E-state index in [2.05, 4.69) is 20.6 Å². The first kappa shape index (κ1) is 19.9. The van der Waals surface area contributed by atoms with Crippen molar-refractivity contribution in [1.29, 1.82) is 0 Å². The summed E-state index contributed by atoms with van der Waals surface area (Å²) in [6.45, 7) is 3.25. The number of aryl methyl sites for hydroxylation is 1. The van der Waals surface area contributed by atoms with Crippen molar-refractivity contribution in [1.82, 2.24) is 19.7 Å². The van der Waals surface area contributed by atoms with Crippen LogP contribution in [0.4, 0.5) is 5.82 Å². The molecule has 1 amide bonds. The minimum absolute atomic E-state index is 0.0985. The van der Waals surface area contributed by atoms with Crippen molar-refractivity contribution < 1.29 is 9.53 Å². The Bertz CT molecular complexity index is 1190. The monoisotopic (exact) mass is 421 g/mol. The lowest BCUT2D eigenvalue weighted by molar-refractivity contribution is 0.0938. The summed E-state index contributed by atoms with van der Waals surface area (Å²) in [5.41, 5.74) is 1.98. The van der Waals surface area contributed by atoms with Crippen LogP contribution in [0.15, 0.2) is 29.2 Å². The molecule has 1 atom stereocenters. The number of anilines is 1. The Labute approximate surface area is 180 Å². The second-order valence-electron chi connectivity index (χ2n) is 8.58. The lowest BCUT2D eigenvalue weighted by atomic mass is 10.1. The summed E-state index contributed by atoms with van der Waals surface area (Å²) in [5, 5.41) is 6.73. The third-order valence-corrected chi connectivity index (χ3v) is 6.20. The van der Waals surface area contributed by atoms with Crippen LogP contribution in [0.5, 0.6) is 0 Å². The molecule has 3 aromatic heterocycles. The predicted molar refractivity (Wildman–Crippen MR) is 119 cm³/mol. The molecule has 0 spiro atoms. The number of hydrogen-bond donors (Lipinski definition) is 2. The lowest BCUT2D eigenvalue weighted by Gasteiger charge is -2.17. The molecule has 0 unspecified atom stereocenters. The van der Waals surface area contributed by atoms with Crippen molar-refractivity contribution in [2.45, 2.75) is 57.6 Å². The first-order valence-corrected chi connectivity index (χ1v) is 11.1. The number of ether oxygens (including phenoxy) is 1. The molecule has 8 nitrogen and oxygen atoms in total.